The predicted octanol–water partition coefficient (Wildman–Crippen LogP) is 3.42. The van der Waals surface area contributed by atoms with Crippen LogP contribution in [0.1, 0.15) is 0 Å². The number of hydrogen-bond acceptors (Lipinski definition) is 8. The van der Waals surface area contributed by atoms with Crippen LogP contribution >= 0.6 is 0 Å². The van der Waals surface area contributed by atoms with Gasteiger partial charge in [-0.25, -0.2) is 14.4 Å². The Balaban J connectivity index is 1.95. The number of nitrogens with one attached hydrogen (secondary N) is 2. The Morgan fingerprint density at radius 2 is 2.00 bits per heavy atom. The van der Waals surface area contributed by atoms with Crippen LogP contribution in [0.3, 0.4) is 0 Å². The summed E-state index contributed by atoms with van der Waals surface area (Å²) in [6.07, 6.45) is 7.73. The molecule has 0 saturated carbocycles. The molecule has 0 unspecified atom stereocenters. The second-order valence-electron chi connectivity index (χ2n) is 8.75. The number of allylic oxidation sites excluding steroid dienone is 1. The number of halogens is 1. The Morgan fingerprint density at radius 3 is 2.71 bits per heavy atom. The molecule has 0 aliphatic rings. The van der Waals surface area contributed by atoms with Gasteiger partial charge >= 0.3 is 0 Å². The largest absolute Gasteiger partial charge is 0.461 e. The highest BCUT2D eigenvalue weighted by molar-refractivity contribution is 5.88. The van der Waals surface area contributed by atoms with E-state index in [1.165, 1.54) is 6.33 Å². The van der Waals surface area contributed by atoms with Crippen molar-refractivity contribution < 1.29 is 13.9 Å². The van der Waals surface area contributed by atoms with Crippen molar-refractivity contribution in [3.63, 3.8) is 0 Å². The second kappa shape index (κ2) is 13.2. The second-order valence-corrected chi connectivity index (χ2v) is 8.75. The maximum absolute atomic E-state index is 13.1. The number of carbonyl (C=O) groups is 1. The minimum absolute atomic E-state index is 0.0265. The predicted molar refractivity (Wildman–Crippen MR) is 147 cm³/mol. The van der Waals surface area contributed by atoms with E-state index in [1.807, 2.05) is 56.2 Å². The number of aromatic nitrogens is 4. The molecule has 0 radical (unpaired) electrons. The number of rotatable bonds is 13. The third-order valence-electron chi connectivity index (χ3n) is 5.52. The smallest absolute Gasteiger partial charge is 0.247 e. The van der Waals surface area contributed by atoms with E-state index in [0.717, 1.165) is 29.1 Å². The molecule has 0 fully saturated rings. The average molecular weight is 521 g/mol. The van der Waals surface area contributed by atoms with Crippen molar-refractivity contribution in [2.45, 2.75) is 0 Å². The van der Waals surface area contributed by atoms with E-state index in [0.29, 0.717) is 29.5 Å². The minimum atomic E-state index is -1.07. The summed E-state index contributed by atoms with van der Waals surface area (Å²) >= 11 is 0. The van der Waals surface area contributed by atoms with Gasteiger partial charge in [0.2, 0.25) is 12.8 Å². The first-order valence-electron chi connectivity index (χ1n) is 11.8. The van der Waals surface area contributed by atoms with Crippen LogP contribution in [-0.4, -0.2) is 76.5 Å². The maximum atomic E-state index is 13.1. The number of ether oxygens (including phenoxy) is 1. The van der Waals surface area contributed by atoms with Crippen LogP contribution in [0.2, 0.25) is 0 Å². The summed E-state index contributed by atoms with van der Waals surface area (Å²) in [4.78, 5) is 24.8. The lowest BCUT2D eigenvalue weighted by Crippen LogP contribution is -2.27. The number of aryl methyl sites for hydroxylation is 1. The first kappa shape index (κ1) is 28.1. The first-order chi connectivity index (χ1) is 18.2. The average Bonchev–Trinajstić information content (AvgIpc) is 3.27. The Bertz CT molecular complexity index is 1360. The Kier molecular flexibility index (Phi) is 9.72. The standard InChI is InChI=1S/C27H33FN8O2/c1-7-27(37)32-22(16-35(5)11-10-34(3)4)13-23(19(2)38-17-28)33-26-14-24(29-18-30-26)20-8-9-21-15-31-36(6)25(21)12-20/h7-9,12-16,18H,1-2,10-11,17H2,3-6H3,(H,32,37)(H,29,30,33)/b22-16-,23-13+. The quantitative estimate of drug-likeness (QED) is 0.201. The lowest BCUT2D eigenvalue weighted by atomic mass is 10.1. The lowest BCUT2D eigenvalue weighted by molar-refractivity contribution is -0.115. The normalized spacial score (nSPS) is 11.9. The van der Waals surface area contributed by atoms with E-state index in [-0.39, 0.29) is 5.76 Å². The molecule has 0 aliphatic heterocycles. The monoisotopic (exact) mass is 520 g/mol. The number of likely N-dealkylation sites (N-methyl/N-ethyl adjacent to an activating group) is 2. The summed E-state index contributed by atoms with van der Waals surface area (Å²) < 4.78 is 19.9. The molecule has 1 amide bonds. The number of carbonyl (C=O) groups excluding carboxylic acids is 1. The van der Waals surface area contributed by atoms with Gasteiger partial charge < -0.3 is 25.2 Å². The fourth-order valence-electron chi connectivity index (χ4n) is 3.47. The summed E-state index contributed by atoms with van der Waals surface area (Å²) in [7, 11) is 7.71. The van der Waals surface area contributed by atoms with Gasteiger partial charge in [0.15, 0.2) is 0 Å². The Labute approximate surface area is 221 Å². The maximum Gasteiger partial charge on any atom is 0.247 e. The summed E-state index contributed by atoms with van der Waals surface area (Å²) in [6, 6.07) is 7.67. The van der Waals surface area contributed by atoms with Gasteiger partial charge in [-0.3, -0.25) is 9.48 Å². The molecule has 2 N–H and O–H groups in total. The summed E-state index contributed by atoms with van der Waals surface area (Å²) in [6.45, 7) is 7.77. The molecule has 11 heteroatoms. The van der Waals surface area contributed by atoms with Crippen molar-refractivity contribution in [2.24, 2.45) is 7.05 Å². The molecule has 1 aromatic carbocycles. The van der Waals surface area contributed by atoms with Crippen molar-refractivity contribution >= 4 is 22.6 Å². The van der Waals surface area contributed by atoms with Crippen LogP contribution < -0.4 is 10.6 Å². The van der Waals surface area contributed by atoms with Gasteiger partial charge in [0, 0.05) is 50.4 Å². The van der Waals surface area contributed by atoms with E-state index < -0.39 is 12.8 Å². The topological polar surface area (TPSA) is 100 Å². The zero-order valence-corrected chi connectivity index (χ0v) is 22.1. The molecule has 0 saturated heterocycles. The fourth-order valence-corrected chi connectivity index (χ4v) is 3.47. The zero-order valence-electron chi connectivity index (χ0n) is 22.1. The minimum Gasteiger partial charge on any atom is -0.461 e. The summed E-state index contributed by atoms with van der Waals surface area (Å²) in [5.41, 5.74) is 3.22. The summed E-state index contributed by atoms with van der Waals surface area (Å²) in [5, 5.41) is 11.2. The third kappa shape index (κ3) is 7.74. The molecule has 200 valence electrons. The summed E-state index contributed by atoms with van der Waals surface area (Å²) in [5.74, 6) is 0.0451. The molecule has 2 heterocycles. The van der Waals surface area contributed by atoms with Crippen LogP contribution in [-0.2, 0) is 16.6 Å². The van der Waals surface area contributed by atoms with Crippen molar-refractivity contribution in [3.8, 4) is 11.3 Å². The highest BCUT2D eigenvalue weighted by Gasteiger charge is 2.12. The SMILES string of the molecule is C=CC(=O)NC(=C\N(C)CCN(C)C)/C=C(/Nc1cc(-c2ccc3cnn(C)c3c2)ncn1)C(=C)OCF. The molecule has 10 nitrogen and oxygen atoms in total. The van der Waals surface area contributed by atoms with Crippen LogP contribution in [0.25, 0.3) is 22.2 Å². The van der Waals surface area contributed by atoms with E-state index in [2.05, 4.69) is 38.9 Å². The van der Waals surface area contributed by atoms with Crippen LogP contribution in [0.5, 0.6) is 0 Å². The molecule has 0 atom stereocenters. The van der Waals surface area contributed by atoms with Crippen LogP contribution in [0.15, 0.2) is 85.5 Å². The molecule has 0 spiro atoms. The van der Waals surface area contributed by atoms with Gasteiger partial charge in [0.25, 0.3) is 0 Å². The van der Waals surface area contributed by atoms with Crippen molar-refractivity contribution in [3.05, 3.63) is 85.5 Å². The molecule has 38 heavy (non-hydrogen) atoms. The fraction of sp³-hybridized carbons (Fsp3) is 0.259. The highest BCUT2D eigenvalue weighted by Crippen LogP contribution is 2.25. The molecule has 3 rings (SSSR count). The number of benzene rings is 1. The highest BCUT2D eigenvalue weighted by atomic mass is 19.1. The number of anilines is 1. The Morgan fingerprint density at radius 1 is 1.21 bits per heavy atom. The number of nitrogens with zero attached hydrogens (tertiary/aromatic N) is 6. The van der Waals surface area contributed by atoms with E-state index in [9.17, 15) is 9.18 Å². The third-order valence-corrected chi connectivity index (χ3v) is 5.52. The van der Waals surface area contributed by atoms with Crippen LogP contribution in [0, 0.1) is 0 Å². The van der Waals surface area contributed by atoms with Gasteiger partial charge in [-0.2, -0.15) is 5.10 Å². The number of amides is 1. The number of fused-ring (bicyclic) bond motifs is 1. The molecular formula is C27H33FN8O2. The lowest BCUT2D eigenvalue weighted by Gasteiger charge is -2.19. The van der Waals surface area contributed by atoms with Gasteiger partial charge in [0.1, 0.15) is 17.9 Å². The first-order valence-corrected chi connectivity index (χ1v) is 11.8. The van der Waals surface area contributed by atoms with Crippen molar-refractivity contribution in [2.75, 3.05) is 46.4 Å². The number of hydrogen-bond donors (Lipinski definition) is 2. The number of alkyl halides is 1. The van der Waals surface area contributed by atoms with Crippen molar-refractivity contribution in [1.29, 1.82) is 0 Å². The van der Waals surface area contributed by atoms with E-state index >= 15 is 0 Å². The van der Waals surface area contributed by atoms with E-state index in [1.54, 1.807) is 29.2 Å². The van der Waals surface area contributed by atoms with Gasteiger partial charge in [-0.15, -0.1) is 0 Å². The Hall–Kier alpha value is -4.51. The molecular weight excluding hydrogens is 487 g/mol. The van der Waals surface area contributed by atoms with Crippen molar-refractivity contribution in [1.82, 2.24) is 34.9 Å². The molecule has 0 aliphatic carbocycles. The molecule has 0 bridgehead atoms. The van der Waals surface area contributed by atoms with Gasteiger partial charge in [0.05, 0.1) is 28.8 Å². The van der Waals surface area contributed by atoms with Crippen LogP contribution in [0.4, 0.5) is 10.2 Å². The van der Waals surface area contributed by atoms with Gasteiger partial charge in [-0.05, 0) is 32.3 Å². The van der Waals surface area contributed by atoms with Gasteiger partial charge in [-0.1, -0.05) is 25.3 Å². The van der Waals surface area contributed by atoms with E-state index in [4.69, 9.17) is 4.74 Å². The molecule has 3 aromatic rings. The zero-order chi connectivity index (χ0) is 27.7. The molecule has 2 aromatic heterocycles.